The van der Waals surface area contributed by atoms with Gasteiger partial charge in [-0.2, -0.15) is 0 Å². The van der Waals surface area contributed by atoms with Crippen LogP contribution in [0.15, 0.2) is 48.5 Å². The first kappa shape index (κ1) is 19.0. The molecule has 0 saturated heterocycles. The number of hydrogen-bond acceptors (Lipinski definition) is 3. The molecule has 0 atom stereocenters. The third-order valence-corrected chi connectivity index (χ3v) is 5.10. The molecule has 5 nitrogen and oxygen atoms in total. The van der Waals surface area contributed by atoms with Gasteiger partial charge in [0.1, 0.15) is 6.54 Å². The van der Waals surface area contributed by atoms with E-state index in [-0.39, 0.29) is 12.5 Å². The number of nitrogens with one attached hydrogen (secondary N) is 1. The first-order valence-electron chi connectivity index (χ1n) is 8.11. The fraction of sp³-hybridized carbons (Fsp3) is 0.316. The van der Waals surface area contributed by atoms with Crippen LogP contribution in [0.25, 0.3) is 0 Å². The highest BCUT2D eigenvalue weighted by molar-refractivity contribution is 7.92. The summed E-state index contributed by atoms with van der Waals surface area (Å²) in [7, 11) is -3.58. The Morgan fingerprint density at radius 2 is 1.68 bits per heavy atom. The summed E-state index contributed by atoms with van der Waals surface area (Å²) in [6, 6.07) is 14.6. The molecule has 0 radical (unpaired) electrons. The summed E-state index contributed by atoms with van der Waals surface area (Å²) < 4.78 is 25.4. The molecule has 0 fully saturated rings. The molecule has 25 heavy (non-hydrogen) atoms. The van der Waals surface area contributed by atoms with Crippen LogP contribution in [-0.2, 0) is 14.8 Å². The molecule has 0 aromatic heterocycles. The predicted molar refractivity (Wildman–Crippen MR) is 103 cm³/mol. The number of para-hydroxylation sites is 1. The van der Waals surface area contributed by atoms with E-state index in [1.165, 1.54) is 0 Å². The maximum Gasteiger partial charge on any atom is 0.245 e. The van der Waals surface area contributed by atoms with Crippen LogP contribution in [0, 0.1) is 6.92 Å². The normalized spacial score (nSPS) is 11.4. The van der Waals surface area contributed by atoms with E-state index in [1.54, 1.807) is 18.2 Å². The summed E-state index contributed by atoms with van der Waals surface area (Å²) in [6.07, 6.45) is 1.10. The summed E-state index contributed by atoms with van der Waals surface area (Å²) in [4.78, 5) is 12.4. The van der Waals surface area contributed by atoms with Crippen LogP contribution in [0.5, 0.6) is 0 Å². The van der Waals surface area contributed by atoms with Crippen LogP contribution < -0.4 is 9.62 Å². The second-order valence-electron chi connectivity index (χ2n) is 6.38. The Bertz CT molecular complexity index is 843. The zero-order valence-electron chi connectivity index (χ0n) is 15.0. The number of nitrogens with zero attached hydrogens (tertiary/aromatic N) is 1. The second-order valence-corrected chi connectivity index (χ2v) is 8.29. The van der Waals surface area contributed by atoms with E-state index >= 15 is 0 Å². The van der Waals surface area contributed by atoms with Gasteiger partial charge in [-0.15, -0.1) is 0 Å². The van der Waals surface area contributed by atoms with E-state index in [9.17, 15) is 13.2 Å². The highest BCUT2D eigenvalue weighted by atomic mass is 32.2. The number of sulfonamides is 1. The second kappa shape index (κ2) is 7.70. The monoisotopic (exact) mass is 360 g/mol. The van der Waals surface area contributed by atoms with Gasteiger partial charge >= 0.3 is 0 Å². The Labute approximate surface area is 149 Å². The molecule has 2 rings (SSSR count). The smallest absolute Gasteiger partial charge is 0.245 e. The van der Waals surface area contributed by atoms with E-state index in [4.69, 9.17) is 0 Å². The lowest BCUT2D eigenvalue weighted by molar-refractivity contribution is -0.114. The predicted octanol–water partition coefficient (Wildman–Crippen LogP) is 3.52. The highest BCUT2D eigenvalue weighted by Crippen LogP contribution is 2.22. The quantitative estimate of drug-likeness (QED) is 0.857. The summed E-state index contributed by atoms with van der Waals surface area (Å²) in [5.74, 6) is -0.0299. The lowest BCUT2D eigenvalue weighted by Crippen LogP contribution is -2.37. The lowest BCUT2D eigenvalue weighted by Gasteiger charge is -2.22. The average molecular weight is 360 g/mol. The Kier molecular flexibility index (Phi) is 5.85. The maximum atomic E-state index is 12.4. The van der Waals surface area contributed by atoms with Gasteiger partial charge in [-0.1, -0.05) is 44.2 Å². The summed E-state index contributed by atoms with van der Waals surface area (Å²) in [5, 5.41) is 2.77. The Morgan fingerprint density at radius 3 is 2.20 bits per heavy atom. The molecule has 0 spiro atoms. The number of rotatable bonds is 6. The molecular weight excluding hydrogens is 336 g/mol. The van der Waals surface area contributed by atoms with Crippen LogP contribution in [0.3, 0.4) is 0 Å². The number of anilines is 2. The van der Waals surface area contributed by atoms with Gasteiger partial charge < -0.3 is 5.32 Å². The van der Waals surface area contributed by atoms with E-state index < -0.39 is 10.0 Å². The topological polar surface area (TPSA) is 66.5 Å². The minimum Gasteiger partial charge on any atom is -0.324 e. The maximum absolute atomic E-state index is 12.4. The number of aryl methyl sites for hydroxylation is 1. The van der Waals surface area contributed by atoms with Crippen molar-refractivity contribution in [3.05, 3.63) is 59.7 Å². The fourth-order valence-electron chi connectivity index (χ4n) is 2.46. The van der Waals surface area contributed by atoms with Gasteiger partial charge in [-0.3, -0.25) is 9.10 Å². The first-order chi connectivity index (χ1) is 11.7. The van der Waals surface area contributed by atoms with Gasteiger partial charge in [-0.05, 0) is 42.2 Å². The van der Waals surface area contributed by atoms with Crippen molar-refractivity contribution < 1.29 is 13.2 Å². The Hall–Kier alpha value is -2.34. The molecule has 134 valence electrons. The fourth-order valence-corrected chi connectivity index (χ4v) is 3.32. The molecule has 0 aliphatic heterocycles. The van der Waals surface area contributed by atoms with Crippen molar-refractivity contribution in [3.63, 3.8) is 0 Å². The molecule has 0 aliphatic carbocycles. The van der Waals surface area contributed by atoms with Crippen molar-refractivity contribution in [2.75, 3.05) is 22.4 Å². The van der Waals surface area contributed by atoms with Gasteiger partial charge in [0.2, 0.25) is 15.9 Å². The Balaban J connectivity index is 2.21. The van der Waals surface area contributed by atoms with Crippen molar-refractivity contribution in [1.29, 1.82) is 0 Å². The van der Waals surface area contributed by atoms with E-state index in [2.05, 4.69) is 19.2 Å². The van der Waals surface area contributed by atoms with Crippen molar-refractivity contribution in [2.45, 2.75) is 26.7 Å². The number of benzene rings is 2. The molecule has 0 bridgehead atoms. The molecule has 2 aromatic carbocycles. The molecular formula is C19H24N2O3S. The molecule has 0 saturated carbocycles. The third kappa shape index (κ3) is 5.06. The number of carbonyl (C=O) groups excluding carboxylic acids is 1. The van der Waals surface area contributed by atoms with Gasteiger partial charge in [0.25, 0.3) is 0 Å². The minimum atomic E-state index is -3.58. The zero-order chi connectivity index (χ0) is 18.6. The van der Waals surface area contributed by atoms with Crippen LogP contribution in [-0.4, -0.2) is 27.1 Å². The molecule has 0 aliphatic rings. The Morgan fingerprint density at radius 1 is 1.08 bits per heavy atom. The van der Waals surface area contributed by atoms with Gasteiger partial charge in [-0.25, -0.2) is 8.42 Å². The van der Waals surface area contributed by atoms with Crippen molar-refractivity contribution in [3.8, 4) is 0 Å². The number of hydrogen-bond donors (Lipinski definition) is 1. The van der Waals surface area contributed by atoms with E-state index in [0.717, 1.165) is 21.7 Å². The van der Waals surface area contributed by atoms with Crippen LogP contribution in [0.1, 0.15) is 30.9 Å². The highest BCUT2D eigenvalue weighted by Gasteiger charge is 2.21. The lowest BCUT2D eigenvalue weighted by atomic mass is 10.0. The molecule has 6 heteroatoms. The standard InChI is InChI=1S/C19H24N2O3S/c1-14(2)16-9-11-17(12-10-16)21(25(4,23)24)13-19(22)20-18-8-6-5-7-15(18)3/h5-12,14H,13H2,1-4H3,(H,20,22). The first-order valence-corrected chi connectivity index (χ1v) is 9.96. The van der Waals surface area contributed by atoms with Crippen LogP contribution in [0.2, 0.25) is 0 Å². The average Bonchev–Trinajstić information content (AvgIpc) is 2.54. The summed E-state index contributed by atoms with van der Waals surface area (Å²) in [6.45, 7) is 5.75. The van der Waals surface area contributed by atoms with Crippen LogP contribution >= 0.6 is 0 Å². The summed E-state index contributed by atoms with van der Waals surface area (Å²) in [5.41, 5.74) is 3.19. The van der Waals surface area contributed by atoms with E-state index in [0.29, 0.717) is 17.3 Å². The van der Waals surface area contributed by atoms with Crippen LogP contribution in [0.4, 0.5) is 11.4 Å². The van der Waals surface area contributed by atoms with Crippen molar-refractivity contribution in [2.24, 2.45) is 0 Å². The van der Waals surface area contributed by atoms with E-state index in [1.807, 2.05) is 37.3 Å². The summed E-state index contributed by atoms with van der Waals surface area (Å²) >= 11 is 0. The van der Waals surface area contributed by atoms with Crippen molar-refractivity contribution >= 4 is 27.3 Å². The molecule has 0 heterocycles. The molecule has 0 unspecified atom stereocenters. The van der Waals surface area contributed by atoms with Crippen molar-refractivity contribution in [1.82, 2.24) is 0 Å². The van der Waals surface area contributed by atoms with Gasteiger partial charge in [0.05, 0.1) is 11.9 Å². The number of carbonyl (C=O) groups is 1. The SMILES string of the molecule is Cc1ccccc1NC(=O)CN(c1ccc(C(C)C)cc1)S(C)(=O)=O. The third-order valence-electron chi connectivity index (χ3n) is 3.95. The van der Waals surface area contributed by atoms with Gasteiger partial charge in [0, 0.05) is 5.69 Å². The van der Waals surface area contributed by atoms with Gasteiger partial charge in [0.15, 0.2) is 0 Å². The molecule has 1 amide bonds. The largest absolute Gasteiger partial charge is 0.324 e. The number of amides is 1. The minimum absolute atomic E-state index is 0.270. The zero-order valence-corrected chi connectivity index (χ0v) is 15.8. The molecule has 2 aromatic rings. The molecule has 1 N–H and O–H groups in total.